The Morgan fingerprint density at radius 1 is 1.25 bits per heavy atom. The highest BCUT2D eigenvalue weighted by Gasteiger charge is 2.20. The molecular weight excluding hydrogens is 278 g/mol. The molecule has 118 valence electrons. The summed E-state index contributed by atoms with van der Waals surface area (Å²) in [5, 5.41) is 14.3. The summed E-state index contributed by atoms with van der Waals surface area (Å²) in [5.41, 5.74) is 0. The van der Waals surface area contributed by atoms with E-state index in [-0.39, 0.29) is 6.04 Å². The van der Waals surface area contributed by atoms with Crippen molar-refractivity contribution in [3.63, 3.8) is 0 Å². The average molecular weight is 305 g/mol. The van der Waals surface area contributed by atoms with E-state index < -0.39 is 18.0 Å². The van der Waals surface area contributed by atoms with Gasteiger partial charge in [0.1, 0.15) is 6.04 Å². The van der Waals surface area contributed by atoms with Crippen LogP contribution in [0.4, 0.5) is 4.79 Å². The van der Waals surface area contributed by atoms with E-state index in [9.17, 15) is 9.59 Å². The van der Waals surface area contributed by atoms with Crippen molar-refractivity contribution in [1.82, 2.24) is 15.5 Å². The fourth-order valence-electron chi connectivity index (χ4n) is 1.83. The Morgan fingerprint density at radius 3 is 2.30 bits per heavy atom. The normalized spacial score (nSPS) is 13.8. The fraction of sp³-hybridized carbons (Fsp3) is 0.846. The number of carboxylic acid groups (broad SMARTS) is 1. The lowest BCUT2D eigenvalue weighted by Gasteiger charge is -2.24. The zero-order valence-corrected chi connectivity index (χ0v) is 13.6. The number of urea groups is 1. The van der Waals surface area contributed by atoms with Gasteiger partial charge in [-0.25, -0.2) is 9.59 Å². The fourth-order valence-corrected chi connectivity index (χ4v) is 2.30. The number of carbonyl (C=O) groups is 2. The number of likely N-dealkylation sites (N-methyl/N-ethyl adjacent to an activating group) is 1. The van der Waals surface area contributed by atoms with Gasteiger partial charge < -0.3 is 20.6 Å². The summed E-state index contributed by atoms with van der Waals surface area (Å²) in [6, 6.07) is -1.27. The summed E-state index contributed by atoms with van der Waals surface area (Å²) in [7, 11) is 0. The number of hydrogen-bond donors (Lipinski definition) is 3. The third-order valence-electron chi connectivity index (χ3n) is 3.02. The van der Waals surface area contributed by atoms with Crippen LogP contribution in [0.25, 0.3) is 0 Å². The summed E-state index contributed by atoms with van der Waals surface area (Å²) >= 11 is 1.56. The first kappa shape index (κ1) is 19.1. The molecule has 0 saturated carbocycles. The summed E-state index contributed by atoms with van der Waals surface area (Å²) < 4.78 is 0. The summed E-state index contributed by atoms with van der Waals surface area (Å²) in [4.78, 5) is 25.0. The number of hydrogen-bond acceptors (Lipinski definition) is 4. The third-order valence-corrected chi connectivity index (χ3v) is 3.66. The molecule has 0 aromatic heterocycles. The molecule has 7 heteroatoms. The van der Waals surface area contributed by atoms with Gasteiger partial charge in [0.15, 0.2) is 0 Å². The number of thioether (sulfide) groups is 1. The van der Waals surface area contributed by atoms with Crippen molar-refractivity contribution in [2.24, 2.45) is 0 Å². The molecule has 0 aliphatic rings. The van der Waals surface area contributed by atoms with Gasteiger partial charge in [0.25, 0.3) is 0 Å². The Labute approximate surface area is 125 Å². The molecule has 0 aromatic carbocycles. The molecule has 0 saturated heterocycles. The highest BCUT2D eigenvalue weighted by atomic mass is 32.2. The molecule has 20 heavy (non-hydrogen) atoms. The topological polar surface area (TPSA) is 81.7 Å². The minimum atomic E-state index is -0.995. The van der Waals surface area contributed by atoms with Gasteiger partial charge in [0.05, 0.1) is 0 Å². The number of rotatable bonds is 10. The Balaban J connectivity index is 4.20. The lowest BCUT2D eigenvalue weighted by molar-refractivity contribution is -0.139. The predicted octanol–water partition coefficient (Wildman–Crippen LogP) is 1.22. The Morgan fingerprint density at radius 2 is 1.85 bits per heavy atom. The van der Waals surface area contributed by atoms with Crippen molar-refractivity contribution >= 4 is 23.8 Å². The van der Waals surface area contributed by atoms with E-state index in [1.54, 1.807) is 11.8 Å². The van der Waals surface area contributed by atoms with E-state index in [0.29, 0.717) is 12.2 Å². The molecule has 0 aliphatic heterocycles. The minimum Gasteiger partial charge on any atom is -0.480 e. The number of nitrogens with one attached hydrogen (secondary N) is 2. The summed E-state index contributed by atoms with van der Waals surface area (Å²) in [6.45, 7) is 8.65. The van der Waals surface area contributed by atoms with Gasteiger partial charge in [-0.05, 0) is 38.4 Å². The van der Waals surface area contributed by atoms with Crippen LogP contribution in [0.1, 0.15) is 27.2 Å². The maximum absolute atomic E-state index is 11.8. The molecule has 0 aliphatic carbocycles. The van der Waals surface area contributed by atoms with Crippen molar-refractivity contribution in [1.29, 1.82) is 0 Å². The highest BCUT2D eigenvalue weighted by Crippen LogP contribution is 2.01. The lowest BCUT2D eigenvalue weighted by atomic mass is 10.2. The molecule has 2 unspecified atom stereocenters. The molecule has 3 N–H and O–H groups in total. The molecule has 0 rings (SSSR count). The van der Waals surface area contributed by atoms with E-state index in [0.717, 1.165) is 19.6 Å². The van der Waals surface area contributed by atoms with Crippen molar-refractivity contribution < 1.29 is 14.7 Å². The van der Waals surface area contributed by atoms with E-state index in [2.05, 4.69) is 29.4 Å². The van der Waals surface area contributed by atoms with Crippen LogP contribution in [0.3, 0.4) is 0 Å². The smallest absolute Gasteiger partial charge is 0.326 e. The van der Waals surface area contributed by atoms with Gasteiger partial charge in [-0.15, -0.1) is 0 Å². The van der Waals surface area contributed by atoms with Gasteiger partial charge in [-0.1, -0.05) is 13.8 Å². The molecule has 0 bridgehead atoms. The standard InChI is InChI=1S/C13H27N3O3S/c1-5-16(6-2)9-10(3)14-13(19)15-11(12(17)18)7-8-20-4/h10-11H,5-9H2,1-4H3,(H,17,18)(H2,14,15,19). The summed E-state index contributed by atoms with van der Waals surface area (Å²) in [5.74, 6) is -0.294. The molecule has 0 aromatic rings. The van der Waals surface area contributed by atoms with E-state index in [1.807, 2.05) is 13.2 Å². The lowest BCUT2D eigenvalue weighted by Crippen LogP contribution is -2.51. The van der Waals surface area contributed by atoms with Crippen molar-refractivity contribution in [3.8, 4) is 0 Å². The number of nitrogens with zero attached hydrogens (tertiary/aromatic N) is 1. The van der Waals surface area contributed by atoms with Gasteiger partial charge >= 0.3 is 12.0 Å². The Bertz CT molecular complexity index is 299. The molecule has 6 nitrogen and oxygen atoms in total. The Hall–Kier alpha value is -0.950. The molecule has 0 fully saturated rings. The zero-order chi connectivity index (χ0) is 15.5. The average Bonchev–Trinajstić information content (AvgIpc) is 2.40. The van der Waals surface area contributed by atoms with Crippen LogP contribution in [0.15, 0.2) is 0 Å². The highest BCUT2D eigenvalue weighted by molar-refractivity contribution is 7.98. The second kappa shape index (κ2) is 10.8. The first-order chi connectivity index (χ1) is 9.44. The van der Waals surface area contributed by atoms with Crippen LogP contribution in [0.5, 0.6) is 0 Å². The van der Waals surface area contributed by atoms with Crippen molar-refractivity contribution in [2.75, 3.05) is 31.6 Å². The van der Waals surface area contributed by atoms with Gasteiger partial charge in [0.2, 0.25) is 0 Å². The molecular formula is C13H27N3O3S. The number of amides is 2. The molecule has 0 heterocycles. The van der Waals surface area contributed by atoms with Crippen LogP contribution < -0.4 is 10.6 Å². The monoisotopic (exact) mass is 305 g/mol. The molecule has 2 atom stereocenters. The van der Waals surface area contributed by atoms with Crippen molar-refractivity contribution in [2.45, 2.75) is 39.3 Å². The number of carbonyl (C=O) groups excluding carboxylic acids is 1. The maximum atomic E-state index is 11.8. The first-order valence-corrected chi connectivity index (χ1v) is 8.35. The SMILES string of the molecule is CCN(CC)CC(C)NC(=O)NC(CCSC)C(=O)O. The van der Waals surface area contributed by atoms with E-state index >= 15 is 0 Å². The molecule has 0 radical (unpaired) electrons. The Kier molecular flexibility index (Phi) is 10.3. The number of aliphatic carboxylic acids is 1. The van der Waals surface area contributed by atoms with Crippen LogP contribution in [-0.4, -0.2) is 65.7 Å². The van der Waals surface area contributed by atoms with Gasteiger partial charge in [-0.3, -0.25) is 0 Å². The van der Waals surface area contributed by atoms with Crippen molar-refractivity contribution in [3.05, 3.63) is 0 Å². The van der Waals surface area contributed by atoms with Gasteiger partial charge in [-0.2, -0.15) is 11.8 Å². The second-order valence-corrected chi connectivity index (χ2v) is 5.66. The number of carboxylic acids is 1. The van der Waals surface area contributed by atoms with Gasteiger partial charge in [0, 0.05) is 12.6 Å². The van der Waals surface area contributed by atoms with Crippen LogP contribution in [0.2, 0.25) is 0 Å². The largest absolute Gasteiger partial charge is 0.480 e. The second-order valence-electron chi connectivity index (χ2n) is 4.68. The zero-order valence-electron chi connectivity index (χ0n) is 12.8. The predicted molar refractivity (Wildman–Crippen MR) is 83.3 cm³/mol. The van der Waals surface area contributed by atoms with Crippen LogP contribution in [-0.2, 0) is 4.79 Å². The van der Waals surface area contributed by atoms with Crippen LogP contribution >= 0.6 is 11.8 Å². The molecule has 2 amide bonds. The third kappa shape index (κ3) is 8.27. The van der Waals surface area contributed by atoms with E-state index in [4.69, 9.17) is 5.11 Å². The summed E-state index contributed by atoms with van der Waals surface area (Å²) in [6.07, 6.45) is 2.33. The van der Waals surface area contributed by atoms with Crippen LogP contribution in [0, 0.1) is 0 Å². The minimum absolute atomic E-state index is 0.0232. The first-order valence-electron chi connectivity index (χ1n) is 6.95. The molecule has 0 spiro atoms. The quantitative estimate of drug-likeness (QED) is 0.565. The van der Waals surface area contributed by atoms with E-state index in [1.165, 1.54) is 0 Å². The maximum Gasteiger partial charge on any atom is 0.326 e.